The predicted molar refractivity (Wildman–Crippen MR) is 54.3 cm³/mol. The largest absolute Gasteiger partial charge is 0.493 e. The van der Waals surface area contributed by atoms with Gasteiger partial charge in [0, 0.05) is 18.8 Å². The van der Waals surface area contributed by atoms with Crippen LogP contribution in [-0.4, -0.2) is 12.5 Å². The van der Waals surface area contributed by atoms with E-state index in [1.165, 1.54) is 0 Å². The van der Waals surface area contributed by atoms with Gasteiger partial charge in [-0.05, 0) is 18.2 Å². The molecule has 0 amide bonds. The van der Waals surface area contributed by atoms with Gasteiger partial charge in [0.25, 0.3) is 0 Å². The molecule has 0 aliphatic heterocycles. The van der Waals surface area contributed by atoms with Crippen LogP contribution >= 0.6 is 0 Å². The van der Waals surface area contributed by atoms with Crippen LogP contribution in [0, 0.1) is 17.2 Å². The van der Waals surface area contributed by atoms with Crippen molar-refractivity contribution in [1.29, 1.82) is 5.26 Å². The Balaban J connectivity index is 1.84. The lowest BCUT2D eigenvalue weighted by atomic mass is 9.82. The summed E-state index contributed by atoms with van der Waals surface area (Å²) >= 11 is 0. The second-order valence-corrected chi connectivity index (χ2v) is 4.08. The monoisotopic (exact) mass is 223 g/mol. The van der Waals surface area contributed by atoms with E-state index in [1.807, 2.05) is 6.07 Å². The summed E-state index contributed by atoms with van der Waals surface area (Å²) in [6.45, 7) is 0.296. The van der Waals surface area contributed by atoms with Crippen molar-refractivity contribution in [2.45, 2.75) is 18.8 Å². The maximum atomic E-state index is 12.5. The minimum Gasteiger partial charge on any atom is -0.493 e. The molecule has 0 bridgehead atoms. The van der Waals surface area contributed by atoms with E-state index in [2.05, 4.69) is 0 Å². The molecule has 0 atom stereocenters. The Kier molecular flexibility index (Phi) is 2.78. The fourth-order valence-electron chi connectivity index (χ4n) is 1.77. The van der Waals surface area contributed by atoms with Crippen molar-refractivity contribution in [3.63, 3.8) is 0 Å². The Morgan fingerprint density at radius 3 is 2.81 bits per heavy atom. The molecule has 4 heteroatoms. The van der Waals surface area contributed by atoms with Crippen LogP contribution in [0.15, 0.2) is 24.3 Å². The molecular formula is C12H11F2NO. The first-order chi connectivity index (χ1) is 7.59. The minimum absolute atomic E-state index is 0.0688. The third kappa shape index (κ3) is 2.48. The van der Waals surface area contributed by atoms with Gasteiger partial charge in [0.1, 0.15) is 5.75 Å². The molecule has 0 heterocycles. The number of ether oxygens (including phenoxy) is 1. The number of rotatable bonds is 3. The summed E-state index contributed by atoms with van der Waals surface area (Å²) in [5, 5.41) is 8.66. The Hall–Kier alpha value is -1.63. The van der Waals surface area contributed by atoms with Gasteiger partial charge in [-0.1, -0.05) is 6.07 Å². The van der Waals surface area contributed by atoms with Crippen molar-refractivity contribution in [2.24, 2.45) is 5.92 Å². The van der Waals surface area contributed by atoms with Gasteiger partial charge >= 0.3 is 0 Å². The molecule has 1 aromatic rings. The molecule has 0 saturated heterocycles. The van der Waals surface area contributed by atoms with E-state index in [1.54, 1.807) is 24.3 Å². The zero-order valence-electron chi connectivity index (χ0n) is 8.62. The molecule has 0 spiro atoms. The van der Waals surface area contributed by atoms with Gasteiger partial charge in [-0.15, -0.1) is 0 Å². The van der Waals surface area contributed by atoms with Crippen molar-refractivity contribution in [3.8, 4) is 11.8 Å². The molecular weight excluding hydrogens is 212 g/mol. The van der Waals surface area contributed by atoms with Crippen molar-refractivity contribution in [2.75, 3.05) is 6.61 Å². The van der Waals surface area contributed by atoms with E-state index < -0.39 is 5.92 Å². The van der Waals surface area contributed by atoms with Crippen LogP contribution in [0.5, 0.6) is 5.75 Å². The standard InChI is InChI=1S/C12H11F2NO/c13-12(14)5-10(6-12)8-16-11-3-1-2-9(4-11)7-15/h1-4,10H,5-6,8H2. The van der Waals surface area contributed by atoms with Crippen molar-refractivity contribution >= 4 is 0 Å². The Labute approximate surface area is 92.5 Å². The number of nitrogens with zero attached hydrogens (tertiary/aromatic N) is 1. The van der Waals surface area contributed by atoms with Gasteiger partial charge < -0.3 is 4.74 Å². The van der Waals surface area contributed by atoms with Crippen molar-refractivity contribution in [1.82, 2.24) is 0 Å². The summed E-state index contributed by atoms with van der Waals surface area (Å²) in [7, 11) is 0. The lowest BCUT2D eigenvalue weighted by Crippen LogP contribution is -2.38. The van der Waals surface area contributed by atoms with Crippen LogP contribution in [0.3, 0.4) is 0 Å². The highest BCUT2D eigenvalue weighted by molar-refractivity contribution is 5.36. The van der Waals surface area contributed by atoms with Crippen LogP contribution < -0.4 is 4.74 Å². The van der Waals surface area contributed by atoms with Crippen molar-refractivity contribution < 1.29 is 13.5 Å². The van der Waals surface area contributed by atoms with E-state index in [-0.39, 0.29) is 18.8 Å². The molecule has 2 nitrogen and oxygen atoms in total. The number of hydrogen-bond acceptors (Lipinski definition) is 2. The molecule has 2 rings (SSSR count). The zero-order valence-corrected chi connectivity index (χ0v) is 8.62. The van der Waals surface area contributed by atoms with Gasteiger partial charge in [0.2, 0.25) is 5.92 Å². The van der Waals surface area contributed by atoms with Crippen molar-refractivity contribution in [3.05, 3.63) is 29.8 Å². The molecule has 1 saturated carbocycles. The molecule has 0 aromatic heterocycles. The summed E-state index contributed by atoms with van der Waals surface area (Å²) in [5.41, 5.74) is 0.511. The fourth-order valence-corrected chi connectivity index (χ4v) is 1.77. The summed E-state index contributed by atoms with van der Waals surface area (Å²) < 4.78 is 30.4. The van der Waals surface area contributed by atoms with Gasteiger partial charge in [-0.2, -0.15) is 5.26 Å². The second-order valence-electron chi connectivity index (χ2n) is 4.08. The first-order valence-corrected chi connectivity index (χ1v) is 5.10. The van der Waals surface area contributed by atoms with E-state index in [0.717, 1.165) is 0 Å². The third-order valence-electron chi connectivity index (χ3n) is 2.62. The average molecular weight is 223 g/mol. The number of halogens is 2. The van der Waals surface area contributed by atoms with E-state index in [4.69, 9.17) is 10.00 Å². The van der Waals surface area contributed by atoms with Gasteiger partial charge in [0.05, 0.1) is 18.2 Å². The van der Waals surface area contributed by atoms with Gasteiger partial charge in [0.15, 0.2) is 0 Å². The van der Waals surface area contributed by atoms with E-state index in [9.17, 15) is 8.78 Å². The molecule has 0 unspecified atom stereocenters. The molecule has 16 heavy (non-hydrogen) atoms. The summed E-state index contributed by atoms with van der Waals surface area (Å²) in [6, 6.07) is 8.71. The topological polar surface area (TPSA) is 33.0 Å². The van der Waals surface area contributed by atoms with Crippen LogP contribution in [0.1, 0.15) is 18.4 Å². The summed E-state index contributed by atoms with van der Waals surface area (Å²) in [5.74, 6) is -2.00. The molecule has 1 aliphatic rings. The molecule has 1 aliphatic carbocycles. The SMILES string of the molecule is N#Cc1cccc(OCC2CC(F)(F)C2)c1. The summed E-state index contributed by atoms with van der Waals surface area (Å²) in [4.78, 5) is 0. The molecule has 0 N–H and O–H groups in total. The smallest absolute Gasteiger partial charge is 0.248 e. The summed E-state index contributed by atoms with van der Waals surface area (Å²) in [6.07, 6.45) is -0.185. The normalized spacial score (nSPS) is 18.6. The highest BCUT2D eigenvalue weighted by atomic mass is 19.3. The average Bonchev–Trinajstić information content (AvgIpc) is 2.23. The quantitative estimate of drug-likeness (QED) is 0.789. The highest BCUT2D eigenvalue weighted by Gasteiger charge is 2.45. The van der Waals surface area contributed by atoms with Crippen LogP contribution in [0.2, 0.25) is 0 Å². The number of alkyl halides is 2. The van der Waals surface area contributed by atoms with Crippen LogP contribution in [-0.2, 0) is 0 Å². The second kappa shape index (κ2) is 4.09. The number of benzene rings is 1. The van der Waals surface area contributed by atoms with E-state index in [0.29, 0.717) is 17.9 Å². The third-order valence-corrected chi connectivity index (χ3v) is 2.62. The highest BCUT2D eigenvalue weighted by Crippen LogP contribution is 2.42. The Morgan fingerprint density at radius 1 is 1.44 bits per heavy atom. The molecule has 84 valence electrons. The lowest BCUT2D eigenvalue weighted by molar-refractivity contribution is -0.119. The Morgan fingerprint density at radius 2 is 2.19 bits per heavy atom. The lowest BCUT2D eigenvalue weighted by Gasteiger charge is -2.34. The van der Waals surface area contributed by atoms with Crippen LogP contribution in [0.4, 0.5) is 8.78 Å². The first-order valence-electron chi connectivity index (χ1n) is 5.10. The zero-order chi connectivity index (χ0) is 11.6. The maximum Gasteiger partial charge on any atom is 0.248 e. The minimum atomic E-state index is -2.50. The molecule has 1 fully saturated rings. The number of hydrogen-bond donors (Lipinski definition) is 0. The fraction of sp³-hybridized carbons (Fsp3) is 0.417. The Bertz CT molecular complexity index is 417. The van der Waals surface area contributed by atoms with E-state index >= 15 is 0 Å². The molecule has 1 aromatic carbocycles. The van der Waals surface area contributed by atoms with Crippen LogP contribution in [0.25, 0.3) is 0 Å². The number of nitriles is 1. The van der Waals surface area contributed by atoms with Gasteiger partial charge in [-0.25, -0.2) is 8.78 Å². The predicted octanol–water partition coefficient (Wildman–Crippen LogP) is 2.98. The first kappa shape index (κ1) is 10.9. The maximum absolute atomic E-state index is 12.5. The molecule has 0 radical (unpaired) electrons. The van der Waals surface area contributed by atoms with Gasteiger partial charge in [-0.3, -0.25) is 0 Å².